The maximum absolute atomic E-state index is 13.8. The van der Waals surface area contributed by atoms with Crippen molar-refractivity contribution in [3.63, 3.8) is 0 Å². The number of amides is 2. The Kier molecular flexibility index (Phi) is 8.39. The summed E-state index contributed by atoms with van der Waals surface area (Å²) < 4.78 is 27.5. The molecule has 1 heterocycles. The molecule has 7 heteroatoms. The minimum absolute atomic E-state index is 0.0270. The van der Waals surface area contributed by atoms with Gasteiger partial charge in [-0.05, 0) is 36.5 Å². The largest absolute Gasteiger partial charge is 0.364 e. The van der Waals surface area contributed by atoms with Gasteiger partial charge in [0.2, 0.25) is 0 Å². The fourth-order valence-electron chi connectivity index (χ4n) is 5.61. The summed E-state index contributed by atoms with van der Waals surface area (Å²) >= 11 is 0. The van der Waals surface area contributed by atoms with Gasteiger partial charge in [0, 0.05) is 24.5 Å². The van der Waals surface area contributed by atoms with Crippen molar-refractivity contribution in [1.29, 1.82) is 5.26 Å². The van der Waals surface area contributed by atoms with Gasteiger partial charge in [-0.15, -0.1) is 0 Å². The van der Waals surface area contributed by atoms with E-state index >= 15 is 0 Å². The van der Waals surface area contributed by atoms with Gasteiger partial charge in [-0.2, -0.15) is 5.26 Å². The molecule has 3 atom stereocenters. The van der Waals surface area contributed by atoms with Crippen molar-refractivity contribution in [1.82, 2.24) is 0 Å². The Balaban J connectivity index is 1.76. The van der Waals surface area contributed by atoms with E-state index in [9.17, 15) is 23.6 Å². The van der Waals surface area contributed by atoms with Gasteiger partial charge >= 0.3 is 5.91 Å². The first kappa shape index (κ1) is 26.5. The zero-order valence-corrected chi connectivity index (χ0v) is 20.5. The van der Waals surface area contributed by atoms with E-state index in [1.165, 1.54) is 12.1 Å². The zero-order chi connectivity index (χ0) is 25.6. The molecule has 0 aromatic heterocycles. The molecule has 1 aliphatic rings. The van der Waals surface area contributed by atoms with E-state index < -0.39 is 29.0 Å². The summed E-state index contributed by atoms with van der Waals surface area (Å²) in [5.41, 5.74) is 6.30. The summed E-state index contributed by atoms with van der Waals surface area (Å²) in [5.74, 6) is -2.07. The molecule has 1 unspecified atom stereocenters. The van der Waals surface area contributed by atoms with Gasteiger partial charge in [-0.1, -0.05) is 50.6 Å². The molecular weight excluding hydrogens is 448 g/mol. The zero-order valence-electron chi connectivity index (χ0n) is 20.5. The van der Waals surface area contributed by atoms with Crippen molar-refractivity contribution in [3.05, 3.63) is 71.3 Å². The molecule has 35 heavy (non-hydrogen) atoms. The second-order valence-corrected chi connectivity index (χ2v) is 9.96. The highest BCUT2D eigenvalue weighted by Crippen LogP contribution is 2.38. The van der Waals surface area contributed by atoms with Crippen LogP contribution in [0.1, 0.15) is 63.5 Å². The number of hydrogen-bond donors (Lipinski definition) is 1. The second kappa shape index (κ2) is 11.1. The smallest absolute Gasteiger partial charge is 0.314 e. The van der Waals surface area contributed by atoms with Crippen LogP contribution in [0.25, 0.3) is 0 Å². The Morgan fingerprint density at radius 3 is 2.37 bits per heavy atom. The van der Waals surface area contributed by atoms with Gasteiger partial charge in [0.25, 0.3) is 5.91 Å². The molecule has 3 rings (SSSR count). The Labute approximate surface area is 206 Å². The van der Waals surface area contributed by atoms with Crippen LogP contribution in [-0.4, -0.2) is 28.9 Å². The van der Waals surface area contributed by atoms with E-state index in [0.717, 1.165) is 11.6 Å². The van der Waals surface area contributed by atoms with Crippen LogP contribution in [0.2, 0.25) is 0 Å². The van der Waals surface area contributed by atoms with Gasteiger partial charge < -0.3 is 5.73 Å². The van der Waals surface area contributed by atoms with Gasteiger partial charge in [-0.25, -0.2) is 18.1 Å². The number of nitrogens with two attached hydrogens (primary N) is 1. The minimum atomic E-state index is -0.720. The number of carbonyl (C=O) groups is 2. The van der Waals surface area contributed by atoms with Gasteiger partial charge in [0.05, 0.1) is 24.4 Å². The molecule has 1 saturated heterocycles. The Bertz CT molecular complexity index is 1080. The summed E-state index contributed by atoms with van der Waals surface area (Å²) in [5, 5.41) is 10.1. The molecule has 1 aliphatic heterocycles. The Morgan fingerprint density at radius 1 is 1.14 bits per heavy atom. The van der Waals surface area contributed by atoms with Crippen molar-refractivity contribution in [2.24, 2.45) is 11.7 Å². The number of carbonyl (C=O) groups excluding carboxylic acids is 2. The number of nitrogens with zero attached hydrogens (tertiary/aromatic N) is 2. The Morgan fingerprint density at radius 2 is 1.80 bits per heavy atom. The first-order valence-corrected chi connectivity index (χ1v) is 12.3. The highest BCUT2D eigenvalue weighted by Gasteiger charge is 2.50. The quantitative estimate of drug-likeness (QED) is 0.376. The lowest BCUT2D eigenvalue weighted by Crippen LogP contribution is -2.59. The van der Waals surface area contributed by atoms with Crippen LogP contribution in [-0.2, 0) is 21.5 Å². The van der Waals surface area contributed by atoms with E-state index in [-0.39, 0.29) is 29.3 Å². The van der Waals surface area contributed by atoms with E-state index in [0.29, 0.717) is 44.2 Å². The predicted molar refractivity (Wildman–Crippen MR) is 129 cm³/mol. The topological polar surface area (TPSA) is 83.9 Å². The molecule has 0 radical (unpaired) electrons. The highest BCUT2D eigenvalue weighted by atomic mass is 19.1. The molecule has 2 aromatic carbocycles. The lowest BCUT2D eigenvalue weighted by Gasteiger charge is -2.36. The van der Waals surface area contributed by atoms with Gasteiger partial charge in [-0.3, -0.25) is 4.79 Å². The van der Waals surface area contributed by atoms with Crippen LogP contribution >= 0.6 is 0 Å². The van der Waals surface area contributed by atoms with Crippen LogP contribution in [0.15, 0.2) is 48.5 Å². The van der Waals surface area contributed by atoms with Crippen LogP contribution in [0, 0.1) is 28.9 Å². The summed E-state index contributed by atoms with van der Waals surface area (Å²) in [7, 11) is 0. The molecule has 0 spiro atoms. The maximum atomic E-state index is 13.8. The van der Waals surface area contributed by atoms with Crippen LogP contribution < -0.4 is 5.73 Å². The van der Waals surface area contributed by atoms with E-state index in [2.05, 4.69) is 6.07 Å². The molecule has 2 aromatic rings. The normalized spacial score (nSPS) is 21.4. The van der Waals surface area contributed by atoms with E-state index in [1.54, 1.807) is 0 Å². The number of hydrogen-bond acceptors (Lipinski definition) is 3. The molecule has 186 valence electrons. The fourth-order valence-corrected chi connectivity index (χ4v) is 5.61. The Hall–Kier alpha value is -3.11. The molecular formula is C28H34F2N3O2+. The van der Waals surface area contributed by atoms with Crippen molar-refractivity contribution in [3.8, 4) is 6.07 Å². The SMILES string of the molecule is CC(C)[C@@](C#N)(CCCCC(=O)[N@@+]1(Cc2cc(F)cc(F)c2)CCCC1C(N)=O)c1ccccc1. The van der Waals surface area contributed by atoms with Crippen molar-refractivity contribution in [2.45, 2.75) is 70.4 Å². The number of benzene rings is 2. The first-order chi connectivity index (χ1) is 16.6. The summed E-state index contributed by atoms with van der Waals surface area (Å²) in [6.45, 7) is 4.49. The molecule has 2 amide bonds. The number of quaternary nitrogens is 1. The average Bonchev–Trinajstić information content (AvgIpc) is 3.24. The summed E-state index contributed by atoms with van der Waals surface area (Å²) in [4.78, 5) is 25.8. The van der Waals surface area contributed by atoms with Crippen LogP contribution in [0.3, 0.4) is 0 Å². The third-order valence-corrected chi connectivity index (χ3v) is 7.53. The fraction of sp³-hybridized carbons (Fsp3) is 0.464. The van der Waals surface area contributed by atoms with Crippen molar-refractivity contribution < 1.29 is 22.9 Å². The monoisotopic (exact) mass is 482 g/mol. The van der Waals surface area contributed by atoms with Gasteiger partial charge in [0.15, 0.2) is 6.04 Å². The molecule has 2 N–H and O–H groups in total. The average molecular weight is 483 g/mol. The second-order valence-electron chi connectivity index (χ2n) is 9.96. The number of primary amides is 1. The lowest BCUT2D eigenvalue weighted by atomic mass is 9.69. The molecule has 0 aliphatic carbocycles. The number of likely N-dealkylation sites (tertiary alicyclic amines) is 1. The molecule has 0 saturated carbocycles. The maximum Gasteiger partial charge on any atom is 0.314 e. The number of rotatable bonds is 10. The number of unbranched alkanes of at least 4 members (excludes halogenated alkanes) is 1. The van der Waals surface area contributed by atoms with E-state index in [4.69, 9.17) is 5.73 Å². The third kappa shape index (κ3) is 5.59. The summed E-state index contributed by atoms with van der Waals surface area (Å²) in [6, 6.07) is 14.7. The molecule has 0 bridgehead atoms. The minimum Gasteiger partial charge on any atom is -0.364 e. The van der Waals surface area contributed by atoms with Gasteiger partial charge in [0.1, 0.15) is 18.2 Å². The predicted octanol–water partition coefficient (Wildman–Crippen LogP) is 5.13. The third-order valence-electron chi connectivity index (χ3n) is 7.53. The lowest BCUT2D eigenvalue weighted by molar-refractivity contribution is -0.871. The van der Waals surface area contributed by atoms with Crippen molar-refractivity contribution in [2.75, 3.05) is 6.54 Å². The number of nitriles is 1. The molecule has 1 fully saturated rings. The highest BCUT2D eigenvalue weighted by molar-refractivity contribution is 5.82. The van der Waals surface area contributed by atoms with E-state index in [1.807, 2.05) is 44.2 Å². The van der Waals surface area contributed by atoms with Crippen LogP contribution in [0.5, 0.6) is 0 Å². The van der Waals surface area contributed by atoms with Crippen LogP contribution in [0.4, 0.5) is 8.78 Å². The standard InChI is InChI=1S/C28H33F2N3O2/c1-20(2)28(19-31,22-9-4-3-5-10-22)13-7-6-12-26(34)33(14-8-11-25(33)27(32)35)18-21-15-23(29)17-24(30)16-21/h3-5,9-10,15-17,20,25H,6-8,11-14,18H2,1-2H3,(H-,32,35)/p+1/t25?,28-,33+/m0/s1. The first-order valence-electron chi connectivity index (χ1n) is 12.3. The van der Waals surface area contributed by atoms with Crippen molar-refractivity contribution >= 4 is 11.8 Å². The molecule has 5 nitrogen and oxygen atoms in total. The summed E-state index contributed by atoms with van der Waals surface area (Å²) in [6.07, 6.45) is 3.11. The number of halogens is 2.